The van der Waals surface area contributed by atoms with Gasteiger partial charge in [-0.2, -0.15) is 11.8 Å². The van der Waals surface area contributed by atoms with Gasteiger partial charge in [0, 0.05) is 31.6 Å². The molecule has 0 bridgehead atoms. The lowest BCUT2D eigenvalue weighted by atomic mass is 10.1. The number of nitrogens with zero attached hydrogens (tertiary/aromatic N) is 2. The molecule has 110 valence electrons. The van der Waals surface area contributed by atoms with Crippen LogP contribution in [0.2, 0.25) is 0 Å². The lowest BCUT2D eigenvalue weighted by Gasteiger charge is -2.13. The normalized spacial score (nSPS) is 16.1. The van der Waals surface area contributed by atoms with Crippen LogP contribution in [0.3, 0.4) is 0 Å². The Labute approximate surface area is 120 Å². The number of carboxylic acids is 1. The lowest BCUT2D eigenvalue weighted by molar-refractivity contribution is -0.138. The number of rotatable bonds is 6. The molecule has 1 aliphatic carbocycles. The monoisotopic (exact) mass is 298 g/mol. The molecule has 1 aromatic heterocycles. The first-order chi connectivity index (χ1) is 9.34. The number of carboxylic acid groups (broad SMARTS) is 1. The van der Waals surface area contributed by atoms with E-state index in [1.807, 2.05) is 0 Å². The van der Waals surface area contributed by atoms with Crippen molar-refractivity contribution in [3.8, 4) is 0 Å². The highest BCUT2D eigenvalue weighted by atomic mass is 32.2. The highest BCUT2D eigenvalue weighted by molar-refractivity contribution is 7.98. The minimum Gasteiger partial charge on any atom is -0.481 e. The summed E-state index contributed by atoms with van der Waals surface area (Å²) in [5, 5.41) is 8.85. The van der Waals surface area contributed by atoms with E-state index in [1.54, 1.807) is 18.8 Å². The Balaban J connectivity index is 2.01. The highest BCUT2D eigenvalue weighted by Gasteiger charge is 2.44. The molecule has 1 heterocycles. The Bertz CT molecular complexity index is 643. The second-order valence-electron chi connectivity index (χ2n) is 5.44. The van der Waals surface area contributed by atoms with Gasteiger partial charge in [-0.25, -0.2) is 4.79 Å². The summed E-state index contributed by atoms with van der Waals surface area (Å²) in [6.07, 6.45) is 2.10. The van der Waals surface area contributed by atoms with Gasteiger partial charge >= 0.3 is 11.7 Å². The van der Waals surface area contributed by atoms with E-state index in [0.29, 0.717) is 11.4 Å². The molecule has 20 heavy (non-hydrogen) atoms. The predicted molar refractivity (Wildman–Crippen MR) is 77.0 cm³/mol. The SMILES string of the molecule is Cn1c(CSCC2(CC(=O)O)CC2)cc(=O)n(C)c1=O. The predicted octanol–water partition coefficient (Wildman–Crippen LogP) is 0.572. The number of hydrogen-bond donors (Lipinski definition) is 1. The molecule has 2 rings (SSSR count). The number of thioether (sulfide) groups is 1. The maximum absolute atomic E-state index is 11.8. The number of carbonyl (C=O) groups is 1. The molecule has 0 unspecified atom stereocenters. The van der Waals surface area contributed by atoms with Crippen molar-refractivity contribution in [2.24, 2.45) is 19.5 Å². The second-order valence-corrected chi connectivity index (χ2v) is 6.42. The molecule has 0 atom stereocenters. The fourth-order valence-electron chi connectivity index (χ4n) is 2.16. The van der Waals surface area contributed by atoms with E-state index < -0.39 is 5.97 Å². The van der Waals surface area contributed by atoms with Gasteiger partial charge in [0.05, 0.1) is 6.42 Å². The van der Waals surface area contributed by atoms with Crippen molar-refractivity contribution in [3.05, 3.63) is 32.6 Å². The molecule has 1 N–H and O–H groups in total. The largest absolute Gasteiger partial charge is 0.481 e. The van der Waals surface area contributed by atoms with Crippen molar-refractivity contribution >= 4 is 17.7 Å². The number of hydrogen-bond acceptors (Lipinski definition) is 4. The molecule has 1 saturated carbocycles. The third-order valence-corrected chi connectivity index (χ3v) is 5.08. The van der Waals surface area contributed by atoms with Crippen LogP contribution >= 0.6 is 11.8 Å². The summed E-state index contributed by atoms with van der Waals surface area (Å²) < 4.78 is 2.53. The van der Waals surface area contributed by atoms with Crippen molar-refractivity contribution in [1.29, 1.82) is 0 Å². The van der Waals surface area contributed by atoms with E-state index in [4.69, 9.17) is 5.11 Å². The van der Waals surface area contributed by atoms with Crippen LogP contribution in [-0.4, -0.2) is 26.0 Å². The molecular formula is C13H18N2O4S. The Kier molecular flexibility index (Phi) is 4.08. The van der Waals surface area contributed by atoms with Crippen molar-refractivity contribution in [1.82, 2.24) is 9.13 Å². The molecule has 0 amide bonds. The summed E-state index contributed by atoms with van der Waals surface area (Å²) in [5.74, 6) is 0.537. The van der Waals surface area contributed by atoms with E-state index in [0.717, 1.165) is 23.2 Å². The Morgan fingerprint density at radius 3 is 2.55 bits per heavy atom. The Morgan fingerprint density at radius 2 is 2.00 bits per heavy atom. The van der Waals surface area contributed by atoms with E-state index in [-0.39, 0.29) is 23.1 Å². The molecule has 6 nitrogen and oxygen atoms in total. The molecule has 0 radical (unpaired) electrons. The van der Waals surface area contributed by atoms with Gasteiger partial charge < -0.3 is 5.11 Å². The van der Waals surface area contributed by atoms with Gasteiger partial charge in [-0.3, -0.25) is 18.7 Å². The van der Waals surface area contributed by atoms with Gasteiger partial charge in [0.25, 0.3) is 5.56 Å². The first kappa shape index (κ1) is 14.9. The minimum atomic E-state index is -0.760. The van der Waals surface area contributed by atoms with E-state index in [1.165, 1.54) is 17.7 Å². The fraction of sp³-hybridized carbons (Fsp3) is 0.615. The zero-order valence-electron chi connectivity index (χ0n) is 11.6. The average molecular weight is 298 g/mol. The summed E-state index contributed by atoms with van der Waals surface area (Å²) in [5.41, 5.74) is -0.0425. The minimum absolute atomic E-state index is 0.0743. The van der Waals surface area contributed by atoms with Gasteiger partial charge in [0.2, 0.25) is 0 Å². The Hall–Kier alpha value is -1.50. The van der Waals surface area contributed by atoms with Gasteiger partial charge in [-0.1, -0.05) is 0 Å². The van der Waals surface area contributed by atoms with E-state index >= 15 is 0 Å². The van der Waals surface area contributed by atoms with Crippen LogP contribution < -0.4 is 11.2 Å². The number of aromatic nitrogens is 2. The third kappa shape index (κ3) is 3.15. The third-order valence-electron chi connectivity index (χ3n) is 3.77. The van der Waals surface area contributed by atoms with Crippen LogP contribution in [0.1, 0.15) is 25.0 Å². The molecule has 1 aromatic rings. The van der Waals surface area contributed by atoms with Crippen molar-refractivity contribution in [2.75, 3.05) is 5.75 Å². The summed E-state index contributed by atoms with van der Waals surface area (Å²) in [7, 11) is 3.09. The fourth-order valence-corrected chi connectivity index (χ4v) is 3.57. The van der Waals surface area contributed by atoms with E-state index in [2.05, 4.69) is 0 Å². The van der Waals surface area contributed by atoms with Crippen LogP contribution in [0.5, 0.6) is 0 Å². The first-order valence-corrected chi connectivity index (χ1v) is 7.56. The molecule has 0 aliphatic heterocycles. The lowest BCUT2D eigenvalue weighted by Crippen LogP contribution is -2.37. The summed E-state index contributed by atoms with van der Waals surface area (Å²) in [6, 6.07) is 1.46. The topological polar surface area (TPSA) is 81.3 Å². The maximum atomic E-state index is 11.8. The van der Waals surface area contributed by atoms with E-state index in [9.17, 15) is 14.4 Å². The molecule has 0 aromatic carbocycles. The zero-order valence-corrected chi connectivity index (χ0v) is 12.4. The first-order valence-electron chi connectivity index (χ1n) is 6.40. The quantitative estimate of drug-likeness (QED) is 0.830. The maximum Gasteiger partial charge on any atom is 0.330 e. The highest BCUT2D eigenvalue weighted by Crippen LogP contribution is 2.51. The smallest absolute Gasteiger partial charge is 0.330 e. The van der Waals surface area contributed by atoms with Gasteiger partial charge in [-0.05, 0) is 24.0 Å². The molecule has 1 fully saturated rings. The van der Waals surface area contributed by atoms with Crippen LogP contribution in [0, 0.1) is 5.41 Å². The van der Waals surface area contributed by atoms with Gasteiger partial charge in [0.1, 0.15) is 0 Å². The summed E-state index contributed by atoms with van der Waals surface area (Å²) in [6.45, 7) is 0. The molecular weight excluding hydrogens is 280 g/mol. The summed E-state index contributed by atoms with van der Waals surface area (Å²) >= 11 is 1.58. The van der Waals surface area contributed by atoms with Crippen molar-refractivity contribution < 1.29 is 9.90 Å². The molecule has 0 spiro atoms. The molecule has 0 saturated heterocycles. The zero-order chi connectivity index (χ0) is 14.9. The van der Waals surface area contributed by atoms with Crippen molar-refractivity contribution in [2.45, 2.75) is 25.0 Å². The van der Waals surface area contributed by atoms with Crippen LogP contribution in [0.15, 0.2) is 15.7 Å². The van der Waals surface area contributed by atoms with Crippen LogP contribution in [-0.2, 0) is 24.6 Å². The van der Waals surface area contributed by atoms with Crippen LogP contribution in [0.4, 0.5) is 0 Å². The van der Waals surface area contributed by atoms with Gasteiger partial charge in [-0.15, -0.1) is 0 Å². The summed E-state index contributed by atoms with van der Waals surface area (Å²) in [4.78, 5) is 34.1. The second kappa shape index (κ2) is 5.47. The molecule has 7 heteroatoms. The van der Waals surface area contributed by atoms with Gasteiger partial charge in [0.15, 0.2) is 0 Å². The van der Waals surface area contributed by atoms with Crippen molar-refractivity contribution in [3.63, 3.8) is 0 Å². The van der Waals surface area contributed by atoms with Crippen LogP contribution in [0.25, 0.3) is 0 Å². The number of aliphatic carboxylic acids is 1. The average Bonchev–Trinajstić information content (AvgIpc) is 3.12. The Morgan fingerprint density at radius 1 is 1.35 bits per heavy atom. The standard InChI is InChI=1S/C13H18N2O4S/c1-14-9(5-10(16)15(2)12(14)19)7-20-8-13(3-4-13)6-11(17)18/h5H,3-4,6-8H2,1-2H3,(H,17,18). The molecule has 1 aliphatic rings.